The average Bonchev–Trinajstić information content (AvgIpc) is 2.99. The summed E-state index contributed by atoms with van der Waals surface area (Å²) in [4.78, 5) is 23.9. The molecule has 0 aliphatic carbocycles. The normalized spacial score (nSPS) is 17.3. The Morgan fingerprint density at radius 2 is 1.58 bits per heavy atom. The molecule has 0 radical (unpaired) electrons. The van der Waals surface area contributed by atoms with Gasteiger partial charge in [-0.15, -0.1) is 0 Å². The quantitative estimate of drug-likeness (QED) is 0.418. The van der Waals surface area contributed by atoms with Gasteiger partial charge in [-0.05, 0) is 37.1 Å². The lowest BCUT2D eigenvalue weighted by atomic mass is 10.2. The summed E-state index contributed by atoms with van der Waals surface area (Å²) >= 11 is 5.67. The highest BCUT2D eigenvalue weighted by atomic mass is 35.5. The number of hydrogen-bond acceptors (Lipinski definition) is 3. The molecule has 1 aromatic rings. The van der Waals surface area contributed by atoms with E-state index < -0.39 is 35.7 Å². The van der Waals surface area contributed by atoms with Crippen LogP contribution >= 0.6 is 11.6 Å². The van der Waals surface area contributed by atoms with E-state index in [2.05, 4.69) is 4.74 Å². The molecule has 0 spiro atoms. The number of likely N-dealkylation sites (tertiary alicyclic amines) is 1. The number of amides is 1. The summed E-state index contributed by atoms with van der Waals surface area (Å²) in [5, 5.41) is 0.286. The van der Waals surface area contributed by atoms with Crippen LogP contribution in [0.3, 0.4) is 0 Å². The van der Waals surface area contributed by atoms with Gasteiger partial charge >= 0.3 is 18.3 Å². The van der Waals surface area contributed by atoms with Crippen molar-refractivity contribution in [2.75, 3.05) is 6.54 Å². The third kappa shape index (κ3) is 4.48. The van der Waals surface area contributed by atoms with Crippen molar-refractivity contribution in [1.29, 1.82) is 0 Å². The van der Waals surface area contributed by atoms with Gasteiger partial charge in [0.05, 0.1) is 5.70 Å². The first kappa shape index (κ1) is 20.1. The number of hydrogen-bond donors (Lipinski definition) is 0. The van der Waals surface area contributed by atoms with Crippen LogP contribution in [-0.2, 0) is 9.53 Å². The first-order chi connectivity index (χ1) is 11.9. The third-order valence-corrected chi connectivity index (χ3v) is 3.66. The highest BCUT2D eigenvalue weighted by Crippen LogP contribution is 2.37. The van der Waals surface area contributed by atoms with Gasteiger partial charge in [0, 0.05) is 17.1 Å². The molecular formula is C15H10ClF6NO3. The van der Waals surface area contributed by atoms with E-state index in [-0.39, 0.29) is 30.0 Å². The van der Waals surface area contributed by atoms with E-state index in [9.17, 15) is 35.9 Å². The Kier molecular flexibility index (Phi) is 5.55. The van der Waals surface area contributed by atoms with Gasteiger partial charge in [0.2, 0.25) is 5.76 Å². The van der Waals surface area contributed by atoms with E-state index in [0.717, 1.165) is 0 Å². The van der Waals surface area contributed by atoms with Crippen LogP contribution in [0.5, 0.6) is 0 Å². The number of ether oxygens (including phenoxy) is 1. The molecule has 142 valence electrons. The number of halogens is 7. The maximum absolute atomic E-state index is 13.2. The molecule has 1 amide bonds. The molecule has 0 bridgehead atoms. The second kappa shape index (κ2) is 7.18. The van der Waals surface area contributed by atoms with Crippen molar-refractivity contribution >= 4 is 23.5 Å². The summed E-state index contributed by atoms with van der Waals surface area (Å²) in [7, 11) is 0. The van der Waals surface area contributed by atoms with E-state index in [4.69, 9.17) is 11.6 Å². The predicted octanol–water partition coefficient (Wildman–Crippen LogP) is 4.46. The van der Waals surface area contributed by atoms with Crippen LogP contribution in [0, 0.1) is 0 Å². The molecule has 11 heteroatoms. The summed E-state index contributed by atoms with van der Waals surface area (Å²) < 4.78 is 79.9. The third-order valence-electron chi connectivity index (χ3n) is 3.40. The molecule has 1 heterocycles. The van der Waals surface area contributed by atoms with Gasteiger partial charge in [0.25, 0.3) is 5.91 Å². The second-order valence-corrected chi connectivity index (χ2v) is 5.66. The fraction of sp³-hybridized carbons (Fsp3) is 0.333. The summed E-state index contributed by atoms with van der Waals surface area (Å²) in [5.41, 5.74) is -0.840. The number of rotatable bonds is 2. The highest BCUT2D eigenvalue weighted by Gasteiger charge is 2.49. The molecule has 1 aliphatic heterocycles. The lowest BCUT2D eigenvalue weighted by Crippen LogP contribution is -2.33. The molecule has 0 atom stereocenters. The van der Waals surface area contributed by atoms with Crippen molar-refractivity contribution in [1.82, 2.24) is 4.90 Å². The Morgan fingerprint density at radius 1 is 1.00 bits per heavy atom. The van der Waals surface area contributed by atoms with Crippen LogP contribution < -0.4 is 0 Å². The van der Waals surface area contributed by atoms with Crippen LogP contribution in [0.4, 0.5) is 26.3 Å². The van der Waals surface area contributed by atoms with Gasteiger partial charge in [-0.2, -0.15) is 26.3 Å². The molecule has 0 unspecified atom stereocenters. The van der Waals surface area contributed by atoms with E-state index >= 15 is 0 Å². The Balaban J connectivity index is 2.42. The zero-order valence-corrected chi connectivity index (χ0v) is 13.5. The number of benzene rings is 1. The minimum Gasteiger partial charge on any atom is -0.413 e. The Morgan fingerprint density at radius 3 is 2.08 bits per heavy atom. The number of carbonyl (C=O) groups excluding carboxylic acids is 2. The second-order valence-electron chi connectivity index (χ2n) is 5.23. The summed E-state index contributed by atoms with van der Waals surface area (Å²) in [5.74, 6) is -6.03. The molecule has 4 nitrogen and oxygen atoms in total. The Labute approximate surface area is 148 Å². The molecule has 1 aliphatic rings. The predicted molar refractivity (Wildman–Crippen MR) is 77.0 cm³/mol. The van der Waals surface area contributed by atoms with Crippen molar-refractivity contribution in [3.05, 3.63) is 46.3 Å². The zero-order valence-electron chi connectivity index (χ0n) is 12.7. The monoisotopic (exact) mass is 401 g/mol. The first-order valence-electron chi connectivity index (χ1n) is 7.08. The Hall–Kier alpha value is -2.23. The standard InChI is InChI=1S/C15H10ClF6NO3/c16-9-5-3-8(4-6-9)12(24)23-7-1-2-10(23)11(14(17,18)19)26-13(25)15(20,21)22/h3-6H,1-2,7H2/b11-10-. The topological polar surface area (TPSA) is 46.6 Å². The fourth-order valence-corrected chi connectivity index (χ4v) is 2.44. The van der Waals surface area contributed by atoms with Gasteiger partial charge in [-0.3, -0.25) is 4.79 Å². The minimum atomic E-state index is -5.61. The number of nitrogens with zero attached hydrogens (tertiary/aromatic N) is 1. The van der Waals surface area contributed by atoms with Gasteiger partial charge in [0.15, 0.2) is 0 Å². The molecule has 2 rings (SSSR count). The molecule has 1 aromatic carbocycles. The van der Waals surface area contributed by atoms with Gasteiger partial charge < -0.3 is 9.64 Å². The molecule has 0 aromatic heterocycles. The number of esters is 1. The van der Waals surface area contributed by atoms with Crippen molar-refractivity contribution in [3.8, 4) is 0 Å². The average molecular weight is 402 g/mol. The largest absolute Gasteiger partial charge is 0.491 e. The van der Waals surface area contributed by atoms with Gasteiger partial charge in [-0.25, -0.2) is 4.79 Å². The van der Waals surface area contributed by atoms with Gasteiger partial charge in [-0.1, -0.05) is 11.6 Å². The highest BCUT2D eigenvalue weighted by molar-refractivity contribution is 6.30. The fourth-order valence-electron chi connectivity index (χ4n) is 2.31. The van der Waals surface area contributed by atoms with Crippen molar-refractivity contribution < 1.29 is 40.7 Å². The van der Waals surface area contributed by atoms with E-state index in [0.29, 0.717) is 4.90 Å². The smallest absolute Gasteiger partial charge is 0.413 e. The van der Waals surface area contributed by atoms with Crippen molar-refractivity contribution in [2.24, 2.45) is 0 Å². The molecule has 1 fully saturated rings. The zero-order chi connectivity index (χ0) is 19.7. The first-order valence-corrected chi connectivity index (χ1v) is 7.46. The molecule has 0 N–H and O–H groups in total. The van der Waals surface area contributed by atoms with Crippen LogP contribution in [-0.4, -0.2) is 35.7 Å². The minimum absolute atomic E-state index is 0.0162. The van der Waals surface area contributed by atoms with E-state index in [1.807, 2.05) is 0 Å². The van der Waals surface area contributed by atoms with Crippen LogP contribution in [0.15, 0.2) is 35.7 Å². The lowest BCUT2D eigenvalue weighted by Gasteiger charge is -2.22. The maximum Gasteiger partial charge on any atom is 0.491 e. The van der Waals surface area contributed by atoms with Crippen LogP contribution in [0.25, 0.3) is 0 Å². The summed E-state index contributed by atoms with van der Waals surface area (Å²) in [6.45, 7) is -0.167. The van der Waals surface area contributed by atoms with Crippen molar-refractivity contribution in [3.63, 3.8) is 0 Å². The van der Waals surface area contributed by atoms with Crippen LogP contribution in [0.2, 0.25) is 5.02 Å². The number of alkyl halides is 6. The van der Waals surface area contributed by atoms with E-state index in [1.165, 1.54) is 24.3 Å². The molecule has 1 saturated heterocycles. The maximum atomic E-state index is 13.2. The van der Waals surface area contributed by atoms with Gasteiger partial charge in [0.1, 0.15) is 0 Å². The molecular weight excluding hydrogens is 392 g/mol. The number of carbonyl (C=O) groups is 2. The summed E-state index contributed by atoms with van der Waals surface area (Å²) in [6, 6.07) is 5.19. The number of allylic oxidation sites excluding steroid dienone is 2. The SMILES string of the molecule is O=C(c1ccc(Cl)cc1)N1CCC/C1=C(/OC(=O)C(F)(F)F)C(F)(F)F. The van der Waals surface area contributed by atoms with Crippen molar-refractivity contribution in [2.45, 2.75) is 25.2 Å². The van der Waals surface area contributed by atoms with E-state index in [1.54, 1.807) is 0 Å². The molecule has 26 heavy (non-hydrogen) atoms. The summed E-state index contributed by atoms with van der Waals surface area (Å²) in [6.07, 6.45) is -11.3. The lowest BCUT2D eigenvalue weighted by molar-refractivity contribution is -0.206. The Bertz CT molecular complexity index is 739. The molecule has 0 saturated carbocycles. The van der Waals surface area contributed by atoms with Crippen LogP contribution in [0.1, 0.15) is 23.2 Å².